The van der Waals surface area contributed by atoms with Gasteiger partial charge in [-0.05, 0) is 37.1 Å². The van der Waals surface area contributed by atoms with Crippen LogP contribution < -0.4 is 20.3 Å². The molecule has 32 heavy (non-hydrogen) atoms. The van der Waals surface area contributed by atoms with E-state index in [0.717, 1.165) is 31.6 Å². The number of amides is 3. The normalized spacial score (nSPS) is 20.7. The summed E-state index contributed by atoms with van der Waals surface area (Å²) in [6, 6.07) is 17.8. The molecule has 3 saturated heterocycles. The minimum atomic E-state index is -0.470. The number of hydrogen-bond acceptors (Lipinski definition) is 5. The number of hydrogen-bond donors (Lipinski definition) is 2. The molecule has 0 atom stereocenters. The molecule has 0 unspecified atom stereocenters. The van der Waals surface area contributed by atoms with Crippen molar-refractivity contribution in [1.29, 1.82) is 0 Å². The van der Waals surface area contributed by atoms with Gasteiger partial charge in [0, 0.05) is 37.9 Å². The Kier molecular flexibility index (Phi) is 5.38. The van der Waals surface area contributed by atoms with Gasteiger partial charge in [-0.25, -0.2) is 4.79 Å². The lowest BCUT2D eigenvalue weighted by molar-refractivity contribution is -0.125. The number of piperidine rings is 1. The van der Waals surface area contributed by atoms with Crippen LogP contribution in [-0.2, 0) is 4.79 Å². The van der Waals surface area contributed by atoms with Crippen LogP contribution in [0.3, 0.4) is 0 Å². The molecule has 0 radical (unpaired) electrons. The summed E-state index contributed by atoms with van der Waals surface area (Å²) < 4.78 is 5.31. The van der Waals surface area contributed by atoms with Crippen molar-refractivity contribution >= 4 is 23.3 Å². The van der Waals surface area contributed by atoms with Gasteiger partial charge in [-0.15, -0.1) is 0 Å². The third kappa shape index (κ3) is 3.54. The average Bonchev–Trinajstić information content (AvgIpc) is 3.10. The van der Waals surface area contributed by atoms with Gasteiger partial charge < -0.3 is 25.2 Å². The molecular formula is C24H29N5O3. The SMILES string of the molecule is COc1ccccc1NC(=O)N1CC(N2CCC3(CC2)C(=O)NCN3c2ccccc2)C1. The highest BCUT2D eigenvalue weighted by molar-refractivity contribution is 5.93. The summed E-state index contributed by atoms with van der Waals surface area (Å²) in [5.74, 6) is 0.782. The first-order valence-corrected chi connectivity index (χ1v) is 11.1. The highest BCUT2D eigenvalue weighted by Crippen LogP contribution is 2.37. The Hall–Kier alpha value is -3.26. The van der Waals surface area contributed by atoms with Crippen LogP contribution in [-0.4, -0.2) is 73.3 Å². The zero-order chi connectivity index (χ0) is 22.1. The number of anilines is 2. The third-order valence-corrected chi connectivity index (χ3v) is 7.04. The Morgan fingerprint density at radius 2 is 1.75 bits per heavy atom. The third-order valence-electron chi connectivity index (χ3n) is 7.04. The van der Waals surface area contributed by atoms with Crippen molar-refractivity contribution < 1.29 is 14.3 Å². The molecule has 168 valence electrons. The highest BCUT2D eigenvalue weighted by atomic mass is 16.5. The molecule has 0 saturated carbocycles. The first kappa shape index (κ1) is 20.6. The zero-order valence-corrected chi connectivity index (χ0v) is 18.3. The number of carbonyl (C=O) groups is 2. The topological polar surface area (TPSA) is 77.1 Å². The monoisotopic (exact) mass is 435 g/mol. The van der Waals surface area contributed by atoms with Crippen molar-refractivity contribution in [2.75, 3.05) is 50.2 Å². The molecule has 3 heterocycles. The van der Waals surface area contributed by atoms with E-state index >= 15 is 0 Å². The van der Waals surface area contributed by atoms with Gasteiger partial charge in [0.05, 0.1) is 19.5 Å². The number of nitrogens with zero attached hydrogens (tertiary/aromatic N) is 3. The van der Waals surface area contributed by atoms with Crippen LogP contribution in [0.25, 0.3) is 0 Å². The number of benzene rings is 2. The molecule has 2 aromatic rings. The summed E-state index contributed by atoms with van der Waals surface area (Å²) in [6.45, 7) is 3.65. The maximum atomic E-state index is 12.8. The Morgan fingerprint density at radius 1 is 1.06 bits per heavy atom. The molecule has 0 aromatic heterocycles. The number of para-hydroxylation sites is 3. The van der Waals surface area contributed by atoms with E-state index in [1.54, 1.807) is 7.11 Å². The fourth-order valence-electron chi connectivity index (χ4n) is 5.09. The largest absolute Gasteiger partial charge is 0.495 e. The van der Waals surface area contributed by atoms with Gasteiger partial charge in [-0.1, -0.05) is 30.3 Å². The van der Waals surface area contributed by atoms with Gasteiger partial charge >= 0.3 is 6.03 Å². The summed E-state index contributed by atoms with van der Waals surface area (Å²) in [6.07, 6.45) is 1.58. The van der Waals surface area contributed by atoms with Crippen molar-refractivity contribution in [3.63, 3.8) is 0 Å². The zero-order valence-electron chi connectivity index (χ0n) is 18.3. The summed E-state index contributed by atoms with van der Waals surface area (Å²) in [5.41, 5.74) is 1.29. The van der Waals surface area contributed by atoms with Gasteiger partial charge in [0.2, 0.25) is 5.91 Å². The van der Waals surface area contributed by atoms with E-state index in [-0.39, 0.29) is 11.9 Å². The molecule has 3 fully saturated rings. The molecule has 8 heteroatoms. The van der Waals surface area contributed by atoms with E-state index in [4.69, 9.17) is 4.74 Å². The molecule has 3 amide bonds. The highest BCUT2D eigenvalue weighted by Gasteiger charge is 2.51. The van der Waals surface area contributed by atoms with E-state index in [9.17, 15) is 9.59 Å². The van der Waals surface area contributed by atoms with Crippen LogP contribution in [0, 0.1) is 0 Å². The maximum Gasteiger partial charge on any atom is 0.322 e. The minimum Gasteiger partial charge on any atom is -0.495 e. The number of urea groups is 1. The lowest BCUT2D eigenvalue weighted by atomic mass is 9.84. The minimum absolute atomic E-state index is 0.107. The summed E-state index contributed by atoms with van der Waals surface area (Å²) >= 11 is 0. The fraction of sp³-hybridized carbons (Fsp3) is 0.417. The van der Waals surface area contributed by atoms with E-state index in [1.165, 1.54) is 0 Å². The lowest BCUT2D eigenvalue weighted by Gasteiger charge is -2.50. The average molecular weight is 436 g/mol. The van der Waals surface area contributed by atoms with Crippen LogP contribution in [0.5, 0.6) is 5.75 Å². The smallest absolute Gasteiger partial charge is 0.322 e. The predicted molar refractivity (Wildman–Crippen MR) is 123 cm³/mol. The van der Waals surface area contributed by atoms with Crippen LogP contribution in [0.2, 0.25) is 0 Å². The quantitative estimate of drug-likeness (QED) is 0.771. The van der Waals surface area contributed by atoms with Gasteiger partial charge in [-0.3, -0.25) is 9.69 Å². The van der Waals surface area contributed by atoms with E-state index in [1.807, 2.05) is 47.4 Å². The summed E-state index contributed by atoms with van der Waals surface area (Å²) in [7, 11) is 1.59. The van der Waals surface area contributed by atoms with E-state index < -0.39 is 5.54 Å². The van der Waals surface area contributed by atoms with Crippen LogP contribution in [0.1, 0.15) is 12.8 Å². The molecule has 2 N–H and O–H groups in total. The van der Waals surface area contributed by atoms with Crippen molar-refractivity contribution in [2.45, 2.75) is 24.4 Å². The second kappa shape index (κ2) is 8.35. The van der Waals surface area contributed by atoms with Gasteiger partial charge in [0.15, 0.2) is 0 Å². The van der Waals surface area contributed by atoms with Crippen LogP contribution in [0.15, 0.2) is 54.6 Å². The van der Waals surface area contributed by atoms with Crippen LogP contribution in [0.4, 0.5) is 16.2 Å². The molecule has 2 aromatic carbocycles. The van der Waals surface area contributed by atoms with Gasteiger partial charge in [0.25, 0.3) is 0 Å². The van der Waals surface area contributed by atoms with Gasteiger partial charge in [0.1, 0.15) is 11.3 Å². The first-order valence-electron chi connectivity index (χ1n) is 11.1. The Labute approximate surface area is 188 Å². The standard InChI is InChI=1S/C24H29N5O3/c1-32-21-10-6-5-9-20(21)26-23(31)28-15-19(16-28)27-13-11-24(12-14-27)22(30)25-17-29(24)18-7-3-2-4-8-18/h2-10,19H,11-17H2,1H3,(H,25,30)(H,26,31). The molecular weight excluding hydrogens is 406 g/mol. The van der Waals surface area contributed by atoms with Crippen molar-refractivity contribution in [3.8, 4) is 5.75 Å². The second-order valence-electron chi connectivity index (χ2n) is 8.68. The predicted octanol–water partition coefficient (Wildman–Crippen LogP) is 2.34. The Morgan fingerprint density at radius 3 is 2.47 bits per heavy atom. The van der Waals surface area contributed by atoms with Crippen molar-refractivity contribution in [2.24, 2.45) is 0 Å². The maximum absolute atomic E-state index is 12.8. The second-order valence-corrected chi connectivity index (χ2v) is 8.68. The fourth-order valence-corrected chi connectivity index (χ4v) is 5.09. The molecule has 3 aliphatic heterocycles. The molecule has 8 nitrogen and oxygen atoms in total. The van der Waals surface area contributed by atoms with E-state index in [0.29, 0.717) is 37.2 Å². The van der Waals surface area contributed by atoms with Gasteiger partial charge in [-0.2, -0.15) is 0 Å². The first-order chi connectivity index (χ1) is 15.6. The van der Waals surface area contributed by atoms with Crippen LogP contribution >= 0.6 is 0 Å². The lowest BCUT2D eigenvalue weighted by Crippen LogP contribution is -2.65. The van der Waals surface area contributed by atoms with E-state index in [2.05, 4.69) is 32.6 Å². The number of nitrogens with one attached hydrogen (secondary N) is 2. The number of ether oxygens (including phenoxy) is 1. The molecule has 1 spiro atoms. The van der Waals surface area contributed by atoms with Crippen molar-refractivity contribution in [3.05, 3.63) is 54.6 Å². The molecule has 0 aliphatic carbocycles. The van der Waals surface area contributed by atoms with Crippen molar-refractivity contribution in [1.82, 2.24) is 15.1 Å². The summed E-state index contributed by atoms with van der Waals surface area (Å²) in [4.78, 5) is 31.9. The molecule has 3 aliphatic rings. The Balaban J connectivity index is 1.17. The molecule has 0 bridgehead atoms. The number of carbonyl (C=O) groups excluding carboxylic acids is 2. The number of methoxy groups -OCH3 is 1. The number of rotatable bonds is 4. The Bertz CT molecular complexity index is 984. The molecule has 5 rings (SSSR count). The summed E-state index contributed by atoms with van der Waals surface area (Å²) in [5, 5.41) is 5.99. The number of likely N-dealkylation sites (tertiary alicyclic amines) is 2.